The van der Waals surface area contributed by atoms with Crippen molar-refractivity contribution in [2.24, 2.45) is 0 Å². The van der Waals surface area contributed by atoms with Crippen LogP contribution < -0.4 is 5.73 Å². The van der Waals surface area contributed by atoms with E-state index in [0.717, 1.165) is 22.2 Å². The van der Waals surface area contributed by atoms with Gasteiger partial charge in [0.15, 0.2) is 28.4 Å². The second-order valence-corrected chi connectivity index (χ2v) is 5.94. The summed E-state index contributed by atoms with van der Waals surface area (Å²) in [6.45, 7) is 3.92. The number of para-hydroxylation sites is 2. The molecular weight excluding hydrogens is 318 g/mol. The summed E-state index contributed by atoms with van der Waals surface area (Å²) in [7, 11) is 0. The third-order valence-corrected chi connectivity index (χ3v) is 4.16. The number of aryl methyl sites for hydroxylation is 2. The molecule has 122 valence electrons. The van der Waals surface area contributed by atoms with Crippen LogP contribution in [-0.2, 0) is 0 Å². The Kier molecular flexibility index (Phi) is 2.62. The van der Waals surface area contributed by atoms with Crippen molar-refractivity contribution in [3.8, 4) is 11.6 Å². The van der Waals surface area contributed by atoms with E-state index >= 15 is 0 Å². The number of oxazole rings is 1. The van der Waals surface area contributed by atoms with Gasteiger partial charge in [-0.2, -0.15) is 4.52 Å². The molecule has 1 aromatic carbocycles. The summed E-state index contributed by atoms with van der Waals surface area (Å²) in [6, 6.07) is 9.46. The first-order chi connectivity index (χ1) is 12.1. The first-order valence-electron chi connectivity index (χ1n) is 7.76. The highest BCUT2D eigenvalue weighted by Crippen LogP contribution is 2.29. The first kappa shape index (κ1) is 13.8. The molecule has 0 saturated heterocycles. The third kappa shape index (κ3) is 1.90. The van der Waals surface area contributed by atoms with Crippen LogP contribution in [0.1, 0.15) is 11.3 Å². The van der Waals surface area contributed by atoms with Gasteiger partial charge < -0.3 is 10.2 Å². The molecule has 4 aromatic heterocycles. The molecule has 0 aliphatic heterocycles. The molecular formula is C17H13N7O. The van der Waals surface area contributed by atoms with Gasteiger partial charge in [-0.25, -0.2) is 9.97 Å². The Morgan fingerprint density at radius 3 is 2.76 bits per heavy atom. The molecule has 0 radical (unpaired) electrons. The maximum atomic E-state index is 6.30. The average molecular weight is 331 g/mol. The van der Waals surface area contributed by atoms with Gasteiger partial charge in [-0.05, 0) is 37.6 Å². The Morgan fingerprint density at radius 2 is 1.92 bits per heavy atom. The fourth-order valence-corrected chi connectivity index (χ4v) is 3.05. The number of aromatic nitrogens is 6. The highest BCUT2D eigenvalue weighted by Gasteiger charge is 2.20. The fraction of sp³-hybridized carbons (Fsp3) is 0.118. The highest BCUT2D eigenvalue weighted by molar-refractivity contribution is 5.93. The van der Waals surface area contributed by atoms with E-state index in [2.05, 4.69) is 25.3 Å². The second-order valence-electron chi connectivity index (χ2n) is 5.94. The van der Waals surface area contributed by atoms with E-state index in [1.165, 1.54) is 0 Å². The van der Waals surface area contributed by atoms with Crippen molar-refractivity contribution in [2.45, 2.75) is 13.8 Å². The molecule has 4 heterocycles. The number of rotatable bonds is 1. The maximum absolute atomic E-state index is 6.30. The zero-order valence-electron chi connectivity index (χ0n) is 13.6. The van der Waals surface area contributed by atoms with Crippen molar-refractivity contribution in [2.75, 3.05) is 5.73 Å². The van der Waals surface area contributed by atoms with Crippen LogP contribution in [0.3, 0.4) is 0 Å². The van der Waals surface area contributed by atoms with E-state index in [0.29, 0.717) is 34.3 Å². The van der Waals surface area contributed by atoms with Gasteiger partial charge >= 0.3 is 0 Å². The summed E-state index contributed by atoms with van der Waals surface area (Å²) in [5, 5.41) is 13.9. The van der Waals surface area contributed by atoms with Crippen LogP contribution in [0.15, 0.2) is 34.7 Å². The van der Waals surface area contributed by atoms with Gasteiger partial charge in [0.2, 0.25) is 0 Å². The minimum Gasteiger partial charge on any atom is -0.435 e. The minimum absolute atomic E-state index is 0.312. The molecule has 0 fully saturated rings. The third-order valence-electron chi connectivity index (χ3n) is 4.16. The van der Waals surface area contributed by atoms with Crippen molar-refractivity contribution >= 4 is 33.6 Å². The minimum atomic E-state index is 0.312. The van der Waals surface area contributed by atoms with Gasteiger partial charge in [0.05, 0.1) is 5.39 Å². The summed E-state index contributed by atoms with van der Waals surface area (Å²) >= 11 is 0. The molecule has 5 aromatic rings. The monoisotopic (exact) mass is 331 g/mol. The van der Waals surface area contributed by atoms with Gasteiger partial charge in [-0.3, -0.25) is 0 Å². The molecule has 0 aliphatic carbocycles. The summed E-state index contributed by atoms with van der Waals surface area (Å²) in [6.07, 6.45) is 0. The van der Waals surface area contributed by atoms with Crippen molar-refractivity contribution in [3.05, 3.63) is 41.6 Å². The van der Waals surface area contributed by atoms with Gasteiger partial charge in [-0.1, -0.05) is 12.1 Å². The maximum Gasteiger partial charge on any atom is 0.252 e. The first-order valence-corrected chi connectivity index (χ1v) is 7.76. The van der Waals surface area contributed by atoms with Crippen molar-refractivity contribution in [1.82, 2.24) is 29.8 Å². The van der Waals surface area contributed by atoms with Gasteiger partial charge in [0.1, 0.15) is 5.52 Å². The van der Waals surface area contributed by atoms with Gasteiger partial charge in [0.25, 0.3) is 5.89 Å². The second kappa shape index (κ2) is 4.73. The van der Waals surface area contributed by atoms with E-state index in [1.54, 1.807) is 4.52 Å². The Morgan fingerprint density at radius 1 is 1.08 bits per heavy atom. The van der Waals surface area contributed by atoms with Crippen LogP contribution in [0.25, 0.3) is 39.4 Å². The van der Waals surface area contributed by atoms with E-state index < -0.39 is 0 Å². The van der Waals surface area contributed by atoms with Crippen LogP contribution >= 0.6 is 0 Å². The lowest BCUT2D eigenvalue weighted by atomic mass is 10.2. The summed E-state index contributed by atoms with van der Waals surface area (Å²) < 4.78 is 7.29. The molecule has 5 rings (SSSR count). The molecule has 0 saturated carbocycles. The Hall–Kier alpha value is -3.55. The van der Waals surface area contributed by atoms with Crippen molar-refractivity contribution < 1.29 is 4.42 Å². The molecule has 0 spiro atoms. The van der Waals surface area contributed by atoms with E-state index in [-0.39, 0.29) is 0 Å². The zero-order chi connectivity index (χ0) is 17.1. The molecule has 0 bridgehead atoms. The summed E-state index contributed by atoms with van der Waals surface area (Å²) in [5.41, 5.74) is 11.1. The standard InChI is InChI=1S/C17H13N7O/c1-8-7-9(2)19-15-12(8)16-22-21-13(14(18)24(16)23-15)17-20-10-5-3-4-6-11(10)25-17/h3-7H,18H2,1-2H3. The van der Waals surface area contributed by atoms with Crippen LogP contribution in [0.5, 0.6) is 0 Å². The summed E-state index contributed by atoms with van der Waals surface area (Å²) in [4.78, 5) is 8.89. The molecule has 25 heavy (non-hydrogen) atoms. The van der Waals surface area contributed by atoms with E-state index in [1.807, 2.05) is 44.2 Å². The quantitative estimate of drug-likeness (QED) is 0.503. The molecule has 0 aliphatic rings. The number of nitrogen functional groups attached to an aromatic ring is 1. The van der Waals surface area contributed by atoms with Crippen LogP contribution in [0, 0.1) is 13.8 Å². The van der Waals surface area contributed by atoms with Gasteiger partial charge in [0, 0.05) is 5.69 Å². The lowest BCUT2D eigenvalue weighted by molar-refractivity contribution is 0.614. The number of nitrogens with zero attached hydrogens (tertiary/aromatic N) is 6. The van der Waals surface area contributed by atoms with Crippen molar-refractivity contribution in [3.63, 3.8) is 0 Å². The van der Waals surface area contributed by atoms with E-state index in [4.69, 9.17) is 10.2 Å². The molecule has 0 unspecified atom stereocenters. The number of benzene rings is 1. The van der Waals surface area contributed by atoms with Crippen LogP contribution in [0.4, 0.5) is 5.82 Å². The topological polar surface area (TPSA) is 108 Å². The Labute approximate surface area is 141 Å². The Bertz CT molecular complexity index is 1250. The lowest BCUT2D eigenvalue weighted by Crippen LogP contribution is -2.05. The summed E-state index contributed by atoms with van der Waals surface area (Å²) in [5.74, 6) is 0.625. The van der Waals surface area contributed by atoms with E-state index in [9.17, 15) is 0 Å². The normalized spacial score (nSPS) is 11.8. The largest absolute Gasteiger partial charge is 0.435 e. The SMILES string of the molecule is Cc1cc(C)c2c(n1)nn1c(N)c(-c3nc4ccccc4o3)nnc21. The highest BCUT2D eigenvalue weighted by atomic mass is 16.3. The predicted octanol–water partition coefficient (Wildman–Crippen LogP) is 2.68. The molecule has 0 amide bonds. The predicted molar refractivity (Wildman–Crippen MR) is 93.0 cm³/mol. The number of fused-ring (bicyclic) bond motifs is 4. The smallest absolute Gasteiger partial charge is 0.252 e. The average Bonchev–Trinajstić information content (AvgIpc) is 3.16. The fourth-order valence-electron chi connectivity index (χ4n) is 3.05. The lowest BCUT2D eigenvalue weighted by Gasteiger charge is -2.02. The number of anilines is 1. The molecule has 8 heteroatoms. The number of nitrogens with two attached hydrogens (primary N) is 1. The number of hydrogen-bond donors (Lipinski definition) is 1. The van der Waals surface area contributed by atoms with Crippen molar-refractivity contribution in [1.29, 1.82) is 0 Å². The number of hydrogen-bond acceptors (Lipinski definition) is 7. The molecule has 0 atom stereocenters. The molecule has 8 nitrogen and oxygen atoms in total. The zero-order valence-corrected chi connectivity index (χ0v) is 13.6. The van der Waals surface area contributed by atoms with Crippen LogP contribution in [-0.4, -0.2) is 29.8 Å². The van der Waals surface area contributed by atoms with Crippen LogP contribution in [0.2, 0.25) is 0 Å². The number of pyridine rings is 1. The Balaban J connectivity index is 1.81. The molecule has 2 N–H and O–H groups in total. The van der Waals surface area contributed by atoms with Gasteiger partial charge in [-0.15, -0.1) is 15.3 Å².